The van der Waals surface area contributed by atoms with E-state index in [9.17, 15) is 31.1 Å². The van der Waals surface area contributed by atoms with Crippen LogP contribution in [0.25, 0.3) is 22.2 Å². The molecule has 2 N–H and O–H groups in total. The van der Waals surface area contributed by atoms with Gasteiger partial charge < -0.3 is 19.7 Å². The number of aromatic nitrogens is 3. The summed E-state index contributed by atoms with van der Waals surface area (Å²) in [5, 5.41) is 6.52. The highest BCUT2D eigenvalue weighted by Crippen LogP contribution is 2.28. The number of halogens is 6. The van der Waals surface area contributed by atoms with Crippen LogP contribution >= 0.6 is 0 Å². The standard InChI is InChI=1S/C23H18F6N6O2/c24-14-6-13-18(7-15(14)25)30-10-19(13)32-22(36)20-8-17(33-37-20)12-5-16(26)21(31-9-12)35-3-1-34(2-4-35)11-23(27,28)29/h5-10,30H,1-4,11H2,(H,32,36). The quantitative estimate of drug-likeness (QED) is 0.372. The van der Waals surface area contributed by atoms with Crippen LogP contribution in [0.15, 0.2) is 41.2 Å². The van der Waals surface area contributed by atoms with Crippen molar-refractivity contribution in [1.29, 1.82) is 0 Å². The van der Waals surface area contributed by atoms with Crippen molar-refractivity contribution in [1.82, 2.24) is 20.0 Å². The van der Waals surface area contributed by atoms with Crippen LogP contribution in [0.1, 0.15) is 10.6 Å². The molecule has 1 aliphatic heterocycles. The lowest BCUT2D eigenvalue weighted by Crippen LogP contribution is -2.49. The third-order valence-electron chi connectivity index (χ3n) is 5.90. The zero-order chi connectivity index (χ0) is 26.3. The van der Waals surface area contributed by atoms with E-state index >= 15 is 0 Å². The fourth-order valence-corrected chi connectivity index (χ4v) is 4.10. The van der Waals surface area contributed by atoms with Crippen molar-refractivity contribution in [2.45, 2.75) is 6.18 Å². The minimum atomic E-state index is -4.30. The smallest absolute Gasteiger partial charge is 0.359 e. The van der Waals surface area contributed by atoms with Crippen molar-refractivity contribution < 1.29 is 35.7 Å². The number of fused-ring (bicyclic) bond motifs is 1. The number of alkyl halides is 3. The maximum atomic E-state index is 14.8. The summed E-state index contributed by atoms with van der Waals surface area (Å²) in [5.74, 6) is -3.78. The lowest BCUT2D eigenvalue weighted by atomic mass is 10.2. The molecule has 8 nitrogen and oxygen atoms in total. The van der Waals surface area contributed by atoms with Crippen molar-refractivity contribution in [2.24, 2.45) is 0 Å². The van der Waals surface area contributed by atoms with Crippen molar-refractivity contribution in [3.05, 3.63) is 59.9 Å². The average Bonchev–Trinajstić information content (AvgIpc) is 3.47. The van der Waals surface area contributed by atoms with Crippen molar-refractivity contribution in [2.75, 3.05) is 42.9 Å². The number of piperazine rings is 1. The SMILES string of the molecule is O=C(Nc1c[nH]c2cc(F)c(F)cc12)c1cc(-c2cnc(N3CCN(CC(F)(F)F)CC3)c(F)c2)no1. The Labute approximate surface area is 204 Å². The molecule has 1 saturated heterocycles. The van der Waals surface area contributed by atoms with Crippen LogP contribution in [-0.2, 0) is 0 Å². The van der Waals surface area contributed by atoms with Gasteiger partial charge in [-0.1, -0.05) is 5.16 Å². The second-order valence-corrected chi connectivity index (χ2v) is 8.45. The monoisotopic (exact) mass is 524 g/mol. The summed E-state index contributed by atoms with van der Waals surface area (Å²) in [7, 11) is 0. The summed E-state index contributed by atoms with van der Waals surface area (Å²) in [6.07, 6.45) is -1.62. The third kappa shape index (κ3) is 5.23. The van der Waals surface area contributed by atoms with Gasteiger partial charge in [0.25, 0.3) is 5.91 Å². The Hall–Kier alpha value is -4.07. The molecule has 0 radical (unpaired) electrons. The minimum Gasteiger partial charge on any atom is -0.359 e. The Bertz CT molecular complexity index is 1460. The van der Waals surface area contributed by atoms with E-state index in [1.54, 1.807) is 4.90 Å². The van der Waals surface area contributed by atoms with E-state index in [1.165, 1.54) is 23.4 Å². The summed E-state index contributed by atoms with van der Waals surface area (Å²) in [6, 6.07) is 4.30. The van der Waals surface area contributed by atoms with Gasteiger partial charge in [-0.25, -0.2) is 18.2 Å². The molecule has 3 aromatic heterocycles. The second-order valence-electron chi connectivity index (χ2n) is 8.45. The molecule has 194 valence electrons. The van der Waals surface area contributed by atoms with Crippen LogP contribution in [0, 0.1) is 17.5 Å². The summed E-state index contributed by atoms with van der Waals surface area (Å²) >= 11 is 0. The number of rotatable bonds is 5. The van der Waals surface area contributed by atoms with Crippen LogP contribution in [0.3, 0.4) is 0 Å². The molecule has 4 aromatic rings. The van der Waals surface area contributed by atoms with Crippen LogP contribution in [0.4, 0.5) is 37.8 Å². The van der Waals surface area contributed by atoms with Gasteiger partial charge in [-0.15, -0.1) is 0 Å². The first kappa shape index (κ1) is 24.6. The van der Waals surface area contributed by atoms with Gasteiger partial charge in [0.15, 0.2) is 23.3 Å². The molecule has 1 fully saturated rings. The Kier molecular flexibility index (Phi) is 6.27. The fourth-order valence-electron chi connectivity index (χ4n) is 4.10. The van der Waals surface area contributed by atoms with Crippen molar-refractivity contribution >= 4 is 28.3 Å². The zero-order valence-corrected chi connectivity index (χ0v) is 18.9. The van der Waals surface area contributed by atoms with Gasteiger partial charge in [-0.2, -0.15) is 13.2 Å². The van der Waals surface area contributed by atoms with E-state index in [4.69, 9.17) is 4.52 Å². The first-order valence-corrected chi connectivity index (χ1v) is 11.0. The number of carbonyl (C=O) groups excluding carboxylic acids is 1. The molecule has 1 amide bonds. The number of nitrogens with zero attached hydrogens (tertiary/aromatic N) is 4. The fraction of sp³-hybridized carbons (Fsp3) is 0.261. The first-order chi connectivity index (χ1) is 17.6. The number of anilines is 2. The molecular formula is C23H18F6N6O2. The Morgan fingerprint density at radius 3 is 2.46 bits per heavy atom. The van der Waals surface area contributed by atoms with E-state index in [2.05, 4.69) is 20.4 Å². The molecular weight excluding hydrogens is 506 g/mol. The summed E-state index contributed by atoms with van der Waals surface area (Å²) in [5.41, 5.74) is 0.787. The largest absolute Gasteiger partial charge is 0.401 e. The van der Waals surface area contributed by atoms with Gasteiger partial charge in [-0.05, 0) is 12.1 Å². The third-order valence-corrected chi connectivity index (χ3v) is 5.90. The van der Waals surface area contributed by atoms with E-state index in [-0.39, 0.29) is 65.6 Å². The number of H-pyrrole nitrogens is 1. The van der Waals surface area contributed by atoms with Crippen LogP contribution < -0.4 is 10.2 Å². The highest BCUT2D eigenvalue weighted by molar-refractivity contribution is 6.08. The van der Waals surface area contributed by atoms with E-state index in [0.717, 1.165) is 18.2 Å². The molecule has 1 aliphatic rings. The lowest BCUT2D eigenvalue weighted by Gasteiger charge is -2.35. The summed E-state index contributed by atoms with van der Waals surface area (Å²) < 4.78 is 84.6. The molecule has 37 heavy (non-hydrogen) atoms. The highest BCUT2D eigenvalue weighted by atomic mass is 19.4. The molecule has 0 unspecified atom stereocenters. The van der Waals surface area contributed by atoms with Gasteiger partial charge >= 0.3 is 6.18 Å². The number of pyridine rings is 1. The van der Waals surface area contributed by atoms with Gasteiger partial charge in [0.1, 0.15) is 5.69 Å². The number of nitrogens with one attached hydrogen (secondary N) is 2. The first-order valence-electron chi connectivity index (χ1n) is 11.0. The number of benzene rings is 1. The maximum absolute atomic E-state index is 14.8. The van der Waals surface area contributed by atoms with Crippen molar-refractivity contribution in [3.8, 4) is 11.3 Å². The highest BCUT2D eigenvalue weighted by Gasteiger charge is 2.32. The lowest BCUT2D eigenvalue weighted by molar-refractivity contribution is -0.146. The van der Waals surface area contributed by atoms with Crippen molar-refractivity contribution in [3.63, 3.8) is 0 Å². The Morgan fingerprint density at radius 2 is 1.76 bits per heavy atom. The molecule has 0 aliphatic carbocycles. The van der Waals surface area contributed by atoms with Gasteiger partial charge in [0.05, 0.1) is 17.7 Å². The van der Waals surface area contributed by atoms with E-state index in [0.29, 0.717) is 0 Å². The molecule has 0 saturated carbocycles. The predicted octanol–water partition coefficient (Wildman–Crippen LogP) is 4.57. The predicted molar refractivity (Wildman–Crippen MR) is 121 cm³/mol. The van der Waals surface area contributed by atoms with Crippen LogP contribution in [-0.4, -0.2) is 64.8 Å². The Balaban J connectivity index is 1.26. The summed E-state index contributed by atoms with van der Waals surface area (Å²) in [4.78, 5) is 22.2. The number of carbonyl (C=O) groups is 1. The number of aromatic amines is 1. The van der Waals surface area contributed by atoms with Gasteiger partial charge in [0.2, 0.25) is 5.76 Å². The zero-order valence-electron chi connectivity index (χ0n) is 18.9. The van der Waals surface area contributed by atoms with Crippen LogP contribution in [0.2, 0.25) is 0 Å². The minimum absolute atomic E-state index is 0.000116. The number of hydrogen-bond donors (Lipinski definition) is 2. The Morgan fingerprint density at radius 1 is 1.03 bits per heavy atom. The molecule has 0 spiro atoms. The maximum Gasteiger partial charge on any atom is 0.401 e. The summed E-state index contributed by atoms with van der Waals surface area (Å²) in [6.45, 7) is -0.437. The van der Waals surface area contributed by atoms with Gasteiger partial charge in [0, 0.05) is 61.7 Å². The molecule has 1 aromatic carbocycles. The molecule has 0 atom stereocenters. The molecule has 4 heterocycles. The van der Waals surface area contributed by atoms with Gasteiger partial charge in [-0.3, -0.25) is 9.69 Å². The molecule has 5 rings (SSSR count). The van der Waals surface area contributed by atoms with E-state index in [1.807, 2.05) is 0 Å². The van der Waals surface area contributed by atoms with Crippen LogP contribution in [0.5, 0.6) is 0 Å². The number of hydrogen-bond acceptors (Lipinski definition) is 6. The molecule has 0 bridgehead atoms. The topological polar surface area (TPSA) is 90.3 Å². The second kappa shape index (κ2) is 9.42. The molecule has 14 heteroatoms. The number of amides is 1. The van der Waals surface area contributed by atoms with E-state index < -0.39 is 36.1 Å². The normalized spacial score (nSPS) is 14.9. The average molecular weight is 524 g/mol.